The van der Waals surface area contributed by atoms with Gasteiger partial charge in [0.05, 0.1) is 56.1 Å². The molecule has 0 saturated carbocycles. The highest BCUT2D eigenvalue weighted by Gasteiger charge is 2.44. The second kappa shape index (κ2) is 22.2. The number of hydrogen-bond acceptors (Lipinski definition) is 14. The van der Waals surface area contributed by atoms with Gasteiger partial charge in [-0.3, -0.25) is 4.52 Å². The number of sulfonamides is 1. The topological polar surface area (TPSA) is 197 Å². The van der Waals surface area contributed by atoms with Crippen molar-refractivity contribution in [3.8, 4) is 11.5 Å². The number of ether oxygens (including phenoxy) is 5. The number of para-hydroxylation sites is 1. The lowest BCUT2D eigenvalue weighted by Crippen LogP contribution is -2.51. The molecule has 0 spiro atoms. The largest absolute Gasteiger partial charge is 0.497 e. The molecule has 0 bridgehead atoms. The maximum Gasteiger partial charge on any atom is 0.407 e. The fourth-order valence-electron chi connectivity index (χ4n) is 6.87. The Morgan fingerprint density at radius 3 is 2.32 bits per heavy atom. The Kier molecular flexibility index (Phi) is 17.4. The van der Waals surface area contributed by atoms with Gasteiger partial charge in [-0.25, -0.2) is 22.6 Å². The Morgan fingerprint density at radius 2 is 1.65 bits per heavy atom. The monoisotopic (exact) mass is 875 g/mol. The SMILES string of the molecule is CCOC(=O)[C@H](C)OP(=O)(CCNCc1ccc(C[C@H](NC(=O)OC2CO[C@H]3OCC[C@@H]23)[C@H](O)CN(CC(C)C)S(=O)(=O)c2ccc(OC)cc2)cc1)Oc1ccccc1. The molecule has 3 N–H and O–H groups in total. The lowest BCUT2D eigenvalue weighted by molar-refractivity contribution is -0.150. The van der Waals surface area contributed by atoms with Gasteiger partial charge in [-0.1, -0.05) is 56.3 Å². The third-order valence-electron chi connectivity index (χ3n) is 9.96. The summed E-state index contributed by atoms with van der Waals surface area (Å²) < 4.78 is 81.5. The molecule has 3 aromatic rings. The number of nitrogens with one attached hydrogen (secondary N) is 2. The van der Waals surface area contributed by atoms with Crippen molar-refractivity contribution in [1.82, 2.24) is 14.9 Å². The molecule has 16 nitrogen and oxygen atoms in total. The van der Waals surface area contributed by atoms with E-state index in [4.69, 9.17) is 32.7 Å². The Balaban J connectivity index is 1.25. The minimum absolute atomic E-state index is 0.0333. The van der Waals surface area contributed by atoms with Crippen molar-refractivity contribution in [3.63, 3.8) is 0 Å². The number of aliphatic hydroxyl groups excluding tert-OH is 1. The molecule has 1 amide bonds. The number of nitrogens with zero attached hydrogens (tertiary/aromatic N) is 1. The number of carbonyl (C=O) groups excluding carboxylic acids is 2. The van der Waals surface area contributed by atoms with E-state index < -0.39 is 60.3 Å². The molecule has 2 aliphatic heterocycles. The van der Waals surface area contributed by atoms with Crippen molar-refractivity contribution >= 4 is 29.7 Å². The van der Waals surface area contributed by atoms with Gasteiger partial charge >= 0.3 is 19.7 Å². The van der Waals surface area contributed by atoms with E-state index in [-0.39, 0.29) is 62.2 Å². The lowest BCUT2D eigenvalue weighted by atomic mass is 10.00. The van der Waals surface area contributed by atoms with Crippen LogP contribution in [0, 0.1) is 11.8 Å². The first-order chi connectivity index (χ1) is 28.7. The molecule has 2 saturated heterocycles. The molecule has 330 valence electrons. The molecule has 0 aliphatic carbocycles. The number of alkyl carbamates (subject to hydrolysis) is 1. The molecule has 2 fully saturated rings. The molecule has 2 aliphatic rings. The number of aliphatic hydroxyl groups is 1. The second-order valence-corrected chi connectivity index (χ2v) is 19.1. The van der Waals surface area contributed by atoms with Gasteiger partial charge in [-0.05, 0) is 80.1 Å². The third kappa shape index (κ3) is 13.5. The first-order valence-electron chi connectivity index (χ1n) is 20.2. The van der Waals surface area contributed by atoms with Gasteiger partial charge in [0, 0.05) is 26.2 Å². The van der Waals surface area contributed by atoms with Gasteiger partial charge in [0.2, 0.25) is 10.0 Å². The lowest BCUT2D eigenvalue weighted by Gasteiger charge is -2.31. The first-order valence-corrected chi connectivity index (χ1v) is 23.4. The molecule has 18 heteroatoms. The highest BCUT2D eigenvalue weighted by Crippen LogP contribution is 2.49. The van der Waals surface area contributed by atoms with E-state index in [1.807, 2.05) is 38.1 Å². The average molecular weight is 876 g/mol. The molecule has 5 rings (SSSR count). The van der Waals surface area contributed by atoms with Crippen molar-refractivity contribution in [3.05, 3.63) is 90.0 Å². The standard InChI is InChI=1S/C42H58N3O13PS/c1-6-53-40(47)30(4)57-59(49,58-34-10-8-7-9-11-34)23-21-43-25-32-14-12-31(13-15-32)24-37(44-42(48)56-39-28-55-41-36(39)20-22-54-41)38(46)27-45(26-29(2)3)60(50,51)35-18-16-33(52-5)17-19-35/h7-19,29-30,36-39,41,43,46H,6,20-28H2,1-5H3,(H,44,48)/t30-,36-,37-,38+,39?,41+,59?/m0/s1. The van der Waals surface area contributed by atoms with Gasteiger partial charge in [-0.2, -0.15) is 4.31 Å². The van der Waals surface area contributed by atoms with Gasteiger partial charge in [0.25, 0.3) is 0 Å². The predicted octanol–water partition coefficient (Wildman–Crippen LogP) is 5.13. The minimum atomic E-state index is -4.05. The summed E-state index contributed by atoms with van der Waals surface area (Å²) in [4.78, 5) is 25.7. The zero-order valence-electron chi connectivity index (χ0n) is 34.8. The van der Waals surface area contributed by atoms with E-state index in [1.165, 1.54) is 30.5 Å². The van der Waals surface area contributed by atoms with Crippen LogP contribution >= 0.6 is 7.60 Å². The Bertz CT molecular complexity index is 1970. The van der Waals surface area contributed by atoms with Gasteiger partial charge in [-0.15, -0.1) is 0 Å². The van der Waals surface area contributed by atoms with Gasteiger partial charge < -0.3 is 43.9 Å². The number of methoxy groups -OCH3 is 1. The number of amides is 1. The molecular formula is C42H58N3O13PS. The second-order valence-electron chi connectivity index (χ2n) is 15.1. The summed E-state index contributed by atoms with van der Waals surface area (Å²) in [7, 11) is -6.36. The highest BCUT2D eigenvalue weighted by atomic mass is 32.2. The van der Waals surface area contributed by atoms with Crippen LogP contribution in [0.5, 0.6) is 11.5 Å². The van der Waals surface area contributed by atoms with Crippen molar-refractivity contribution in [2.75, 3.05) is 52.7 Å². The number of hydrogen-bond donors (Lipinski definition) is 3. The Morgan fingerprint density at radius 1 is 0.950 bits per heavy atom. The van der Waals surface area contributed by atoms with Crippen LogP contribution in [-0.4, -0.2) is 113 Å². The van der Waals surface area contributed by atoms with Gasteiger partial charge in [0.15, 0.2) is 12.4 Å². The van der Waals surface area contributed by atoms with E-state index in [0.29, 0.717) is 31.1 Å². The molecule has 0 radical (unpaired) electrons. The van der Waals surface area contributed by atoms with E-state index in [0.717, 1.165) is 11.1 Å². The number of benzene rings is 3. The van der Waals surface area contributed by atoms with Crippen LogP contribution < -0.4 is 19.9 Å². The number of carbonyl (C=O) groups is 2. The first kappa shape index (κ1) is 47.0. The minimum Gasteiger partial charge on any atom is -0.497 e. The fourth-order valence-corrected chi connectivity index (χ4v) is 10.2. The quantitative estimate of drug-likeness (QED) is 0.0644. The molecule has 7 atom stereocenters. The van der Waals surface area contributed by atoms with E-state index in [1.54, 1.807) is 49.4 Å². The van der Waals surface area contributed by atoms with Crippen LogP contribution in [0.25, 0.3) is 0 Å². The van der Waals surface area contributed by atoms with Crippen LogP contribution in [0.4, 0.5) is 4.79 Å². The number of esters is 1. The summed E-state index contributed by atoms with van der Waals surface area (Å²) in [6.07, 6.45) is -3.35. The van der Waals surface area contributed by atoms with Crippen LogP contribution in [-0.2, 0) is 55.8 Å². The summed E-state index contributed by atoms with van der Waals surface area (Å²) in [5.74, 6) is 0.0332. The summed E-state index contributed by atoms with van der Waals surface area (Å²) in [6, 6.07) is 21.1. The maximum absolute atomic E-state index is 13.9. The van der Waals surface area contributed by atoms with Crippen molar-refractivity contribution in [2.24, 2.45) is 11.8 Å². The summed E-state index contributed by atoms with van der Waals surface area (Å²) in [5.41, 5.74) is 1.64. The zero-order chi connectivity index (χ0) is 43.3. The zero-order valence-corrected chi connectivity index (χ0v) is 36.5. The molecule has 2 unspecified atom stereocenters. The summed E-state index contributed by atoms with van der Waals surface area (Å²) in [5, 5.41) is 17.8. The number of rotatable bonds is 23. The molecule has 0 aromatic heterocycles. The van der Waals surface area contributed by atoms with Crippen molar-refractivity contribution in [1.29, 1.82) is 0 Å². The van der Waals surface area contributed by atoms with Crippen LogP contribution in [0.1, 0.15) is 45.2 Å². The van der Waals surface area contributed by atoms with Crippen molar-refractivity contribution < 1.29 is 60.4 Å². The molecule has 2 heterocycles. The van der Waals surface area contributed by atoms with Gasteiger partial charge in [0.1, 0.15) is 17.6 Å². The summed E-state index contributed by atoms with van der Waals surface area (Å²) in [6.45, 7) is 8.19. The third-order valence-corrected chi connectivity index (χ3v) is 13.7. The van der Waals surface area contributed by atoms with E-state index in [2.05, 4.69) is 10.6 Å². The van der Waals surface area contributed by atoms with E-state index >= 15 is 0 Å². The van der Waals surface area contributed by atoms with Crippen LogP contribution in [0.15, 0.2) is 83.8 Å². The van der Waals surface area contributed by atoms with Crippen LogP contribution in [0.3, 0.4) is 0 Å². The normalized spacial score (nSPS) is 20.2. The molecule has 60 heavy (non-hydrogen) atoms. The molecule has 3 aromatic carbocycles. The molecular weight excluding hydrogens is 818 g/mol. The van der Waals surface area contributed by atoms with Crippen LogP contribution in [0.2, 0.25) is 0 Å². The Hall–Kier alpha value is -4.06. The number of fused-ring (bicyclic) bond motifs is 1. The highest BCUT2D eigenvalue weighted by molar-refractivity contribution is 7.89. The fraction of sp³-hybridized carbons (Fsp3) is 0.524. The maximum atomic E-state index is 13.9. The summed E-state index contributed by atoms with van der Waals surface area (Å²) >= 11 is 0. The van der Waals surface area contributed by atoms with Crippen molar-refractivity contribution in [2.45, 2.75) is 82.6 Å². The van der Waals surface area contributed by atoms with E-state index in [9.17, 15) is 27.7 Å². The average Bonchev–Trinajstić information content (AvgIpc) is 3.85. The Labute approximate surface area is 352 Å². The predicted molar refractivity (Wildman–Crippen MR) is 222 cm³/mol. The smallest absolute Gasteiger partial charge is 0.407 e.